The number of aryl methyl sites for hydroxylation is 1. The van der Waals surface area contributed by atoms with Crippen LogP contribution in [0.3, 0.4) is 0 Å². The van der Waals surface area contributed by atoms with E-state index in [1.165, 1.54) is 16.8 Å². The Kier molecular flexibility index (Phi) is 3.15. The second-order valence-electron chi connectivity index (χ2n) is 4.29. The van der Waals surface area contributed by atoms with Gasteiger partial charge in [-0.1, -0.05) is 29.8 Å². The molecule has 0 bridgehead atoms. The Morgan fingerprint density at radius 1 is 1.31 bits per heavy atom. The third-order valence-corrected chi connectivity index (χ3v) is 2.91. The Bertz CT molecular complexity index is 381. The average Bonchev–Trinajstić information content (AvgIpc) is 2.62. The van der Waals surface area contributed by atoms with E-state index in [0.29, 0.717) is 6.17 Å². The summed E-state index contributed by atoms with van der Waals surface area (Å²) in [4.78, 5) is 2.20. The first kappa shape index (κ1) is 11.0. The molecule has 86 valence electrons. The summed E-state index contributed by atoms with van der Waals surface area (Å²) in [7, 11) is 4.07. The predicted octanol–water partition coefficient (Wildman–Crippen LogP) is 1.37. The van der Waals surface area contributed by atoms with E-state index in [1.807, 2.05) is 7.05 Å². The van der Waals surface area contributed by atoms with Gasteiger partial charge in [-0.05, 0) is 19.5 Å². The fourth-order valence-electron chi connectivity index (χ4n) is 1.89. The van der Waals surface area contributed by atoms with Gasteiger partial charge in [0.15, 0.2) is 0 Å². The van der Waals surface area contributed by atoms with Crippen LogP contribution in [0.4, 0.5) is 0 Å². The van der Waals surface area contributed by atoms with Gasteiger partial charge in [0.05, 0.1) is 5.70 Å². The van der Waals surface area contributed by atoms with Gasteiger partial charge in [-0.2, -0.15) is 0 Å². The molecule has 0 saturated heterocycles. The Balaban J connectivity index is 2.12. The van der Waals surface area contributed by atoms with Gasteiger partial charge in [0, 0.05) is 19.8 Å². The van der Waals surface area contributed by atoms with Gasteiger partial charge < -0.3 is 15.5 Å². The lowest BCUT2D eigenvalue weighted by Gasteiger charge is -2.20. The molecule has 1 aromatic carbocycles. The van der Waals surface area contributed by atoms with Gasteiger partial charge in [0.2, 0.25) is 0 Å². The monoisotopic (exact) mass is 217 g/mol. The molecule has 0 aromatic heterocycles. The summed E-state index contributed by atoms with van der Waals surface area (Å²) in [5.74, 6) is 0. The number of benzene rings is 1. The number of likely N-dealkylation sites (N-methyl/N-ethyl adjacent to an activating group) is 2. The summed E-state index contributed by atoms with van der Waals surface area (Å²) < 4.78 is 0. The Morgan fingerprint density at radius 2 is 2.00 bits per heavy atom. The first-order chi connectivity index (χ1) is 7.70. The van der Waals surface area contributed by atoms with E-state index < -0.39 is 0 Å². The summed E-state index contributed by atoms with van der Waals surface area (Å²) in [6.45, 7) is 3.04. The zero-order valence-corrected chi connectivity index (χ0v) is 10.1. The Hall–Kier alpha value is -1.48. The summed E-state index contributed by atoms with van der Waals surface area (Å²) in [6.07, 6.45) is 2.51. The van der Waals surface area contributed by atoms with Crippen molar-refractivity contribution in [1.29, 1.82) is 0 Å². The molecular weight excluding hydrogens is 198 g/mol. The lowest BCUT2D eigenvalue weighted by molar-refractivity contribution is 0.325. The fraction of sp³-hybridized carbons (Fsp3) is 0.385. The number of nitrogens with zero attached hydrogens (tertiary/aromatic N) is 1. The molecule has 1 aliphatic heterocycles. The highest BCUT2D eigenvalue weighted by Gasteiger charge is 2.20. The molecular formula is C13H19N3. The Morgan fingerprint density at radius 3 is 2.62 bits per heavy atom. The SMILES string of the molecule is CNCC1NC(c2ccc(C)cc2)=CN1C. The molecule has 1 atom stereocenters. The molecule has 2 N–H and O–H groups in total. The van der Waals surface area contributed by atoms with Crippen molar-refractivity contribution in [3.8, 4) is 0 Å². The van der Waals surface area contributed by atoms with Crippen LogP contribution in [0, 0.1) is 6.92 Å². The summed E-state index contributed by atoms with van der Waals surface area (Å²) in [5, 5.41) is 6.69. The maximum Gasteiger partial charge on any atom is 0.111 e. The smallest absolute Gasteiger partial charge is 0.111 e. The molecule has 0 saturated carbocycles. The standard InChI is InChI=1S/C13H19N3/c1-10-4-6-11(7-5-10)12-9-16(3)13(15-12)8-14-2/h4-7,9,13-15H,8H2,1-3H3. The first-order valence-electron chi connectivity index (χ1n) is 5.62. The highest BCUT2D eigenvalue weighted by atomic mass is 15.3. The maximum atomic E-state index is 3.50. The van der Waals surface area contributed by atoms with Crippen molar-refractivity contribution in [2.75, 3.05) is 20.6 Å². The average molecular weight is 217 g/mol. The second-order valence-corrected chi connectivity index (χ2v) is 4.29. The van der Waals surface area contributed by atoms with Crippen LogP contribution >= 0.6 is 0 Å². The van der Waals surface area contributed by atoms with E-state index in [0.717, 1.165) is 6.54 Å². The molecule has 0 radical (unpaired) electrons. The molecule has 0 spiro atoms. The molecule has 0 aliphatic carbocycles. The summed E-state index contributed by atoms with van der Waals surface area (Å²) in [5.41, 5.74) is 3.74. The minimum absolute atomic E-state index is 0.348. The molecule has 1 unspecified atom stereocenters. The van der Waals surface area contributed by atoms with Crippen LogP contribution in [-0.2, 0) is 0 Å². The lowest BCUT2D eigenvalue weighted by atomic mass is 10.1. The first-order valence-corrected chi connectivity index (χ1v) is 5.62. The molecule has 3 nitrogen and oxygen atoms in total. The van der Waals surface area contributed by atoms with Crippen molar-refractivity contribution in [2.45, 2.75) is 13.1 Å². The number of rotatable bonds is 3. The van der Waals surface area contributed by atoms with Gasteiger partial charge in [-0.3, -0.25) is 0 Å². The van der Waals surface area contributed by atoms with Gasteiger partial charge >= 0.3 is 0 Å². The summed E-state index contributed by atoms with van der Waals surface area (Å²) in [6, 6.07) is 8.60. The normalized spacial score (nSPS) is 19.6. The zero-order chi connectivity index (χ0) is 11.5. The van der Waals surface area contributed by atoms with Crippen molar-refractivity contribution in [3.63, 3.8) is 0 Å². The second kappa shape index (κ2) is 4.58. The van der Waals surface area contributed by atoms with Crippen LogP contribution in [0.5, 0.6) is 0 Å². The van der Waals surface area contributed by atoms with Crippen LogP contribution in [0.25, 0.3) is 5.70 Å². The predicted molar refractivity (Wildman–Crippen MR) is 67.8 cm³/mol. The maximum absolute atomic E-state index is 3.50. The highest BCUT2D eigenvalue weighted by Crippen LogP contribution is 2.19. The molecule has 1 heterocycles. The third-order valence-electron chi connectivity index (χ3n) is 2.91. The van der Waals surface area contributed by atoms with E-state index in [2.05, 4.69) is 60.0 Å². The molecule has 3 heteroatoms. The molecule has 1 aromatic rings. The van der Waals surface area contributed by atoms with Crippen molar-refractivity contribution in [2.24, 2.45) is 0 Å². The van der Waals surface area contributed by atoms with E-state index in [-0.39, 0.29) is 0 Å². The number of nitrogens with one attached hydrogen (secondary N) is 2. The van der Waals surface area contributed by atoms with Gasteiger partial charge in [0.1, 0.15) is 6.17 Å². The van der Waals surface area contributed by atoms with Gasteiger partial charge in [-0.25, -0.2) is 0 Å². The minimum atomic E-state index is 0.348. The largest absolute Gasteiger partial charge is 0.363 e. The van der Waals surface area contributed by atoms with Crippen LogP contribution in [0.2, 0.25) is 0 Å². The van der Waals surface area contributed by atoms with E-state index >= 15 is 0 Å². The fourth-order valence-corrected chi connectivity index (χ4v) is 1.89. The van der Waals surface area contributed by atoms with Crippen LogP contribution < -0.4 is 10.6 Å². The van der Waals surface area contributed by atoms with Crippen molar-refractivity contribution in [1.82, 2.24) is 15.5 Å². The number of hydrogen-bond donors (Lipinski definition) is 2. The molecule has 2 rings (SSSR count). The minimum Gasteiger partial charge on any atom is -0.363 e. The zero-order valence-electron chi connectivity index (χ0n) is 10.1. The topological polar surface area (TPSA) is 27.3 Å². The van der Waals surface area contributed by atoms with Crippen molar-refractivity contribution in [3.05, 3.63) is 41.6 Å². The van der Waals surface area contributed by atoms with Crippen molar-refractivity contribution >= 4 is 5.70 Å². The lowest BCUT2D eigenvalue weighted by Crippen LogP contribution is -2.41. The molecule has 1 aliphatic rings. The molecule has 0 amide bonds. The van der Waals surface area contributed by atoms with Gasteiger partial charge in [-0.15, -0.1) is 0 Å². The number of hydrogen-bond acceptors (Lipinski definition) is 3. The Labute approximate surface area is 97.2 Å². The molecule has 16 heavy (non-hydrogen) atoms. The third kappa shape index (κ3) is 2.19. The van der Waals surface area contributed by atoms with Crippen LogP contribution in [0.1, 0.15) is 11.1 Å². The van der Waals surface area contributed by atoms with Crippen molar-refractivity contribution < 1.29 is 0 Å². The van der Waals surface area contributed by atoms with Gasteiger partial charge in [0.25, 0.3) is 0 Å². The van der Waals surface area contributed by atoms with Crippen LogP contribution in [-0.4, -0.2) is 31.7 Å². The van der Waals surface area contributed by atoms with E-state index in [9.17, 15) is 0 Å². The van der Waals surface area contributed by atoms with E-state index in [1.54, 1.807) is 0 Å². The highest BCUT2D eigenvalue weighted by molar-refractivity contribution is 5.65. The van der Waals surface area contributed by atoms with E-state index in [4.69, 9.17) is 0 Å². The quantitative estimate of drug-likeness (QED) is 0.801. The molecule has 0 fully saturated rings. The summed E-state index contributed by atoms with van der Waals surface area (Å²) >= 11 is 0. The van der Waals surface area contributed by atoms with Crippen LogP contribution in [0.15, 0.2) is 30.5 Å².